The summed E-state index contributed by atoms with van der Waals surface area (Å²) < 4.78 is 7.23. The Labute approximate surface area is 204 Å². The molecule has 1 aliphatic heterocycles. The lowest BCUT2D eigenvalue weighted by molar-refractivity contribution is 0.0474. The molecule has 2 amide bonds. The minimum Gasteiger partial charge on any atom is -0.444 e. The number of piperidine rings is 1. The summed E-state index contributed by atoms with van der Waals surface area (Å²) in [6.07, 6.45) is 2.70. The summed E-state index contributed by atoms with van der Waals surface area (Å²) in [6.45, 7) is 12.8. The van der Waals surface area contributed by atoms with Gasteiger partial charge in [0.2, 0.25) is 0 Å². The molecule has 1 aliphatic rings. The first kappa shape index (κ1) is 24.2. The van der Waals surface area contributed by atoms with Crippen LogP contribution in [-0.2, 0) is 4.74 Å². The minimum atomic E-state index is -0.535. The Balaban J connectivity index is 1.56. The molecule has 4 rings (SSSR count). The number of aromatic nitrogens is 3. The molecular weight excluding hydrogens is 450 g/mol. The van der Waals surface area contributed by atoms with E-state index in [2.05, 4.69) is 37.3 Å². The van der Waals surface area contributed by atoms with E-state index in [0.29, 0.717) is 31.5 Å². The molecule has 0 radical (unpaired) electrons. The summed E-state index contributed by atoms with van der Waals surface area (Å²) in [6, 6.07) is 6.13. The first-order valence-corrected chi connectivity index (χ1v) is 12.6. The van der Waals surface area contributed by atoms with Crippen molar-refractivity contribution in [3.05, 3.63) is 34.8 Å². The van der Waals surface area contributed by atoms with Crippen LogP contribution in [0.25, 0.3) is 21.6 Å². The number of thiophene rings is 1. The average molecular weight is 484 g/mol. The number of nitrogens with one attached hydrogen (secondary N) is 1. The van der Waals surface area contributed by atoms with Gasteiger partial charge in [-0.05, 0) is 72.6 Å². The molecule has 0 aliphatic carbocycles. The van der Waals surface area contributed by atoms with Crippen molar-refractivity contribution in [3.8, 4) is 10.6 Å². The number of pyridine rings is 1. The molecule has 1 fully saturated rings. The van der Waals surface area contributed by atoms with Crippen molar-refractivity contribution in [2.24, 2.45) is 0 Å². The van der Waals surface area contributed by atoms with Gasteiger partial charge in [-0.15, -0.1) is 11.3 Å². The van der Waals surface area contributed by atoms with Crippen molar-refractivity contribution < 1.29 is 14.3 Å². The topological polar surface area (TPSA) is 89.4 Å². The monoisotopic (exact) mass is 483 g/mol. The molecule has 3 aromatic rings. The number of alkyl carbamates (subject to hydrolysis) is 1. The molecule has 3 aromatic heterocycles. The Kier molecular flexibility index (Phi) is 6.66. The maximum Gasteiger partial charge on any atom is 0.407 e. The lowest BCUT2D eigenvalue weighted by atomic mass is 10.0. The molecule has 9 heteroatoms. The van der Waals surface area contributed by atoms with Gasteiger partial charge < -0.3 is 15.0 Å². The van der Waals surface area contributed by atoms with Crippen molar-refractivity contribution in [1.82, 2.24) is 25.0 Å². The average Bonchev–Trinajstić information content (AvgIpc) is 3.38. The van der Waals surface area contributed by atoms with Crippen molar-refractivity contribution in [2.45, 2.75) is 72.1 Å². The van der Waals surface area contributed by atoms with Crippen LogP contribution in [-0.4, -0.2) is 56.4 Å². The molecule has 0 saturated carbocycles. The summed E-state index contributed by atoms with van der Waals surface area (Å²) >= 11 is 1.66. The lowest BCUT2D eigenvalue weighted by Gasteiger charge is -2.33. The van der Waals surface area contributed by atoms with Gasteiger partial charge in [-0.3, -0.25) is 4.79 Å². The molecule has 0 atom stereocenters. The van der Waals surface area contributed by atoms with Gasteiger partial charge in [0, 0.05) is 30.1 Å². The normalized spacial score (nSPS) is 15.2. The molecule has 1 saturated heterocycles. The number of carbonyl (C=O) groups is 2. The summed E-state index contributed by atoms with van der Waals surface area (Å²) in [5, 5.41) is 8.22. The number of amides is 2. The first-order chi connectivity index (χ1) is 16.0. The van der Waals surface area contributed by atoms with Crippen LogP contribution in [0.1, 0.15) is 68.7 Å². The third-order valence-electron chi connectivity index (χ3n) is 5.78. The molecule has 1 N–H and O–H groups in total. The SMILES string of the molecule is Cc1ccc(-c2cc(C(=O)N3CCC(NC(=O)OC(C)(C)C)CC3)c3cnn(C(C)C)c3n2)s1. The first-order valence-electron chi connectivity index (χ1n) is 11.8. The van der Waals surface area contributed by atoms with E-state index in [9.17, 15) is 9.59 Å². The highest BCUT2D eigenvalue weighted by Gasteiger charge is 2.28. The van der Waals surface area contributed by atoms with Gasteiger partial charge in [0.05, 0.1) is 27.7 Å². The van der Waals surface area contributed by atoms with Gasteiger partial charge in [0.15, 0.2) is 5.65 Å². The molecule has 0 unspecified atom stereocenters. The van der Waals surface area contributed by atoms with Crippen molar-refractivity contribution >= 4 is 34.4 Å². The fraction of sp³-hybridized carbons (Fsp3) is 0.520. The Bertz CT molecular complexity index is 1200. The smallest absolute Gasteiger partial charge is 0.407 e. The maximum absolute atomic E-state index is 13.7. The van der Waals surface area contributed by atoms with Crippen LogP contribution in [0.3, 0.4) is 0 Å². The highest BCUT2D eigenvalue weighted by Crippen LogP contribution is 2.31. The number of nitrogens with zero attached hydrogens (tertiary/aromatic N) is 4. The van der Waals surface area contributed by atoms with Gasteiger partial charge >= 0.3 is 6.09 Å². The van der Waals surface area contributed by atoms with Crippen LogP contribution in [0, 0.1) is 6.92 Å². The highest BCUT2D eigenvalue weighted by atomic mass is 32.1. The van der Waals surface area contributed by atoms with E-state index in [4.69, 9.17) is 9.72 Å². The second-order valence-corrected chi connectivity index (χ2v) is 11.4. The summed E-state index contributed by atoms with van der Waals surface area (Å²) in [4.78, 5) is 34.7. The second kappa shape index (κ2) is 9.37. The van der Waals surface area contributed by atoms with Crippen molar-refractivity contribution in [2.75, 3.05) is 13.1 Å². The zero-order chi connectivity index (χ0) is 24.6. The Morgan fingerprint density at radius 2 is 1.91 bits per heavy atom. The lowest BCUT2D eigenvalue weighted by Crippen LogP contribution is -2.47. The van der Waals surface area contributed by atoms with Crippen molar-refractivity contribution in [1.29, 1.82) is 0 Å². The third kappa shape index (κ3) is 5.24. The second-order valence-electron chi connectivity index (χ2n) is 10.1. The molecule has 34 heavy (non-hydrogen) atoms. The summed E-state index contributed by atoms with van der Waals surface area (Å²) in [7, 11) is 0. The van der Waals surface area contributed by atoms with Crippen molar-refractivity contribution in [3.63, 3.8) is 0 Å². The number of fused-ring (bicyclic) bond motifs is 1. The third-order valence-corrected chi connectivity index (χ3v) is 6.81. The van der Waals surface area contributed by atoms with Gasteiger partial charge in [-0.25, -0.2) is 14.5 Å². The summed E-state index contributed by atoms with van der Waals surface area (Å²) in [5.74, 6) is -0.0269. The van der Waals surface area contributed by atoms with E-state index in [-0.39, 0.29) is 18.0 Å². The Morgan fingerprint density at radius 1 is 1.21 bits per heavy atom. The Morgan fingerprint density at radius 3 is 2.50 bits per heavy atom. The highest BCUT2D eigenvalue weighted by molar-refractivity contribution is 7.15. The molecule has 0 spiro atoms. The van der Waals surface area contributed by atoms with E-state index in [1.54, 1.807) is 17.5 Å². The van der Waals surface area contributed by atoms with E-state index in [0.717, 1.165) is 21.6 Å². The fourth-order valence-electron chi connectivity index (χ4n) is 4.14. The number of aryl methyl sites for hydroxylation is 1. The van der Waals surface area contributed by atoms with Crippen LogP contribution < -0.4 is 5.32 Å². The number of rotatable bonds is 4. The van der Waals surface area contributed by atoms with Crippen LogP contribution in [0.5, 0.6) is 0 Å². The fourth-order valence-corrected chi connectivity index (χ4v) is 4.97. The zero-order valence-electron chi connectivity index (χ0n) is 20.7. The van der Waals surface area contributed by atoms with E-state index in [1.165, 1.54) is 4.88 Å². The number of hydrogen-bond donors (Lipinski definition) is 1. The minimum absolute atomic E-state index is 0.00953. The molecule has 0 aromatic carbocycles. The van der Waals surface area contributed by atoms with E-state index in [1.807, 2.05) is 42.5 Å². The van der Waals surface area contributed by atoms with Gasteiger partial charge in [0.25, 0.3) is 5.91 Å². The van der Waals surface area contributed by atoms with Crippen LogP contribution >= 0.6 is 11.3 Å². The Hall–Kier alpha value is -2.94. The number of hydrogen-bond acceptors (Lipinski definition) is 6. The van der Waals surface area contributed by atoms with Gasteiger partial charge in [-0.1, -0.05) is 0 Å². The van der Waals surface area contributed by atoms with Gasteiger partial charge in [0.1, 0.15) is 5.60 Å². The molecule has 182 valence electrons. The van der Waals surface area contributed by atoms with Crippen LogP contribution in [0.4, 0.5) is 4.79 Å². The quantitative estimate of drug-likeness (QED) is 0.552. The molecule has 8 nitrogen and oxygen atoms in total. The summed E-state index contributed by atoms with van der Waals surface area (Å²) in [5.41, 5.74) is 1.60. The van der Waals surface area contributed by atoms with Gasteiger partial charge in [-0.2, -0.15) is 5.10 Å². The molecular formula is C25H33N5O3S. The zero-order valence-corrected chi connectivity index (χ0v) is 21.5. The number of carbonyl (C=O) groups excluding carboxylic acids is 2. The molecule has 4 heterocycles. The van der Waals surface area contributed by atoms with Crippen LogP contribution in [0.2, 0.25) is 0 Å². The predicted octanol–water partition coefficient (Wildman–Crippen LogP) is 5.18. The van der Waals surface area contributed by atoms with Crippen LogP contribution in [0.15, 0.2) is 24.4 Å². The number of ether oxygens (including phenoxy) is 1. The predicted molar refractivity (Wildman–Crippen MR) is 134 cm³/mol. The largest absolute Gasteiger partial charge is 0.444 e. The number of likely N-dealkylation sites (tertiary alicyclic amines) is 1. The maximum atomic E-state index is 13.7. The van der Waals surface area contributed by atoms with E-state index >= 15 is 0 Å². The molecule has 0 bridgehead atoms. The van der Waals surface area contributed by atoms with E-state index < -0.39 is 11.7 Å². The standard InChI is InChI=1S/C25H33N5O3S/c1-15(2)30-22-19(14-26-30)18(13-20(28-22)21-8-7-16(3)34-21)23(31)29-11-9-17(10-12-29)27-24(32)33-25(4,5)6/h7-8,13-15,17H,9-12H2,1-6H3,(H,27,32).